The minimum absolute atomic E-state index is 0.188. The number of hydrogen-bond donors (Lipinski definition) is 1. The van der Waals surface area contributed by atoms with Crippen molar-refractivity contribution in [3.8, 4) is 0 Å². The molecule has 2 rings (SSSR count). The largest absolute Gasteiger partial charge is 0.456 e. The first-order valence-corrected chi connectivity index (χ1v) is 9.84. The van der Waals surface area contributed by atoms with Crippen LogP contribution in [-0.4, -0.2) is 30.3 Å². The molecule has 0 aromatic heterocycles. The van der Waals surface area contributed by atoms with Crippen molar-refractivity contribution >= 4 is 35.2 Å². The molecule has 0 saturated heterocycles. The van der Waals surface area contributed by atoms with E-state index >= 15 is 0 Å². The molecule has 0 bridgehead atoms. The summed E-state index contributed by atoms with van der Waals surface area (Å²) in [7, 11) is 0. The maximum absolute atomic E-state index is 11.9. The predicted octanol–water partition coefficient (Wildman–Crippen LogP) is 4.20. The lowest BCUT2D eigenvalue weighted by molar-refractivity contribution is -0.148. The smallest absolute Gasteiger partial charge is 0.307 e. The van der Waals surface area contributed by atoms with E-state index < -0.39 is 0 Å². The number of rotatable bonds is 7. The fraction of sp³-hybridized carbons (Fsp3) is 0.556. The molecule has 1 aromatic rings. The normalized spacial score (nSPS) is 15.5. The van der Waals surface area contributed by atoms with Gasteiger partial charge in [0, 0.05) is 16.7 Å². The molecule has 0 atom stereocenters. The molecule has 1 N–H and O–H groups in total. The molecule has 1 aromatic carbocycles. The van der Waals surface area contributed by atoms with Gasteiger partial charge in [-0.05, 0) is 25.0 Å². The summed E-state index contributed by atoms with van der Waals surface area (Å²) in [5.74, 6) is 0.0203. The van der Waals surface area contributed by atoms with Crippen LogP contribution >= 0.6 is 23.4 Å². The number of halogens is 1. The molecule has 6 heteroatoms. The monoisotopic (exact) mass is 369 g/mol. The lowest BCUT2D eigenvalue weighted by Crippen LogP contribution is -2.37. The Labute approximate surface area is 152 Å². The van der Waals surface area contributed by atoms with Gasteiger partial charge in [0.15, 0.2) is 6.61 Å². The Hall–Kier alpha value is -1.20. The van der Waals surface area contributed by atoms with E-state index in [1.54, 1.807) is 0 Å². The highest BCUT2D eigenvalue weighted by atomic mass is 35.5. The van der Waals surface area contributed by atoms with Crippen LogP contribution in [0.1, 0.15) is 44.9 Å². The van der Waals surface area contributed by atoms with Gasteiger partial charge in [-0.15, -0.1) is 11.8 Å². The topological polar surface area (TPSA) is 55.4 Å². The summed E-state index contributed by atoms with van der Waals surface area (Å²) in [5.41, 5.74) is 0. The van der Waals surface area contributed by atoms with E-state index in [-0.39, 0.29) is 30.9 Å². The zero-order valence-electron chi connectivity index (χ0n) is 13.8. The van der Waals surface area contributed by atoms with Crippen LogP contribution < -0.4 is 5.32 Å². The third-order valence-corrected chi connectivity index (χ3v) is 5.50. The van der Waals surface area contributed by atoms with Gasteiger partial charge in [0.2, 0.25) is 0 Å². The van der Waals surface area contributed by atoms with Crippen LogP contribution in [-0.2, 0) is 14.3 Å². The SMILES string of the molecule is O=C(COC(=O)CCSc1ccccc1Cl)NC1CCCCCC1. The van der Waals surface area contributed by atoms with Crippen molar-refractivity contribution in [1.82, 2.24) is 5.32 Å². The zero-order valence-corrected chi connectivity index (χ0v) is 15.3. The molecule has 1 aliphatic rings. The Bertz CT molecular complexity index is 545. The number of hydrogen-bond acceptors (Lipinski definition) is 4. The van der Waals surface area contributed by atoms with Crippen LogP contribution in [0.2, 0.25) is 5.02 Å². The van der Waals surface area contributed by atoms with Crippen LogP contribution in [0.15, 0.2) is 29.2 Å². The number of ether oxygens (including phenoxy) is 1. The van der Waals surface area contributed by atoms with E-state index in [1.807, 2.05) is 24.3 Å². The van der Waals surface area contributed by atoms with Crippen molar-refractivity contribution < 1.29 is 14.3 Å². The minimum Gasteiger partial charge on any atom is -0.456 e. The molecular formula is C18H24ClNO3S. The number of carbonyl (C=O) groups excluding carboxylic acids is 2. The second kappa shape index (κ2) is 10.6. The summed E-state index contributed by atoms with van der Waals surface area (Å²) in [6.07, 6.45) is 7.10. The molecule has 1 saturated carbocycles. The van der Waals surface area contributed by atoms with Crippen LogP contribution in [0.4, 0.5) is 0 Å². The van der Waals surface area contributed by atoms with Crippen molar-refractivity contribution in [2.45, 2.75) is 55.9 Å². The Morgan fingerprint density at radius 1 is 1.17 bits per heavy atom. The van der Waals surface area contributed by atoms with Gasteiger partial charge < -0.3 is 10.1 Å². The first-order chi connectivity index (χ1) is 11.6. The second-order valence-corrected chi connectivity index (χ2v) is 7.49. The fourth-order valence-corrected chi connectivity index (χ4v) is 3.89. The lowest BCUT2D eigenvalue weighted by atomic mass is 10.1. The second-order valence-electron chi connectivity index (χ2n) is 5.95. The highest BCUT2D eigenvalue weighted by molar-refractivity contribution is 7.99. The number of thioether (sulfide) groups is 1. The maximum Gasteiger partial charge on any atom is 0.307 e. The molecule has 0 radical (unpaired) electrons. The van der Waals surface area contributed by atoms with Crippen LogP contribution in [0.3, 0.4) is 0 Å². The molecule has 1 aliphatic carbocycles. The average Bonchev–Trinajstić information content (AvgIpc) is 2.83. The van der Waals surface area contributed by atoms with Crippen LogP contribution in [0.25, 0.3) is 0 Å². The summed E-state index contributed by atoms with van der Waals surface area (Å²) in [6.45, 7) is -0.188. The van der Waals surface area contributed by atoms with Gasteiger partial charge in [-0.2, -0.15) is 0 Å². The Morgan fingerprint density at radius 2 is 1.88 bits per heavy atom. The Morgan fingerprint density at radius 3 is 2.58 bits per heavy atom. The number of nitrogens with one attached hydrogen (secondary N) is 1. The number of benzene rings is 1. The van der Waals surface area contributed by atoms with Gasteiger partial charge in [-0.25, -0.2) is 0 Å². The summed E-state index contributed by atoms with van der Waals surface area (Å²) in [4.78, 5) is 24.5. The van der Waals surface area contributed by atoms with E-state index in [4.69, 9.17) is 16.3 Å². The van der Waals surface area contributed by atoms with Crippen LogP contribution in [0.5, 0.6) is 0 Å². The van der Waals surface area contributed by atoms with E-state index in [2.05, 4.69) is 5.32 Å². The first kappa shape index (κ1) is 19.1. The summed E-state index contributed by atoms with van der Waals surface area (Å²) < 4.78 is 5.05. The Balaban J connectivity index is 1.60. The van der Waals surface area contributed by atoms with Gasteiger partial charge in [0.1, 0.15) is 0 Å². The molecule has 1 amide bonds. The van der Waals surface area contributed by atoms with E-state index in [0.29, 0.717) is 10.8 Å². The highest BCUT2D eigenvalue weighted by Gasteiger charge is 2.15. The van der Waals surface area contributed by atoms with Crippen LogP contribution in [0, 0.1) is 0 Å². The number of amides is 1. The molecule has 0 spiro atoms. The average molecular weight is 370 g/mol. The Kier molecular flexibility index (Phi) is 8.47. The standard InChI is InChI=1S/C18H24ClNO3S/c19-15-9-5-6-10-16(15)24-12-11-18(22)23-13-17(21)20-14-7-3-1-2-4-8-14/h5-6,9-10,14H,1-4,7-8,11-13H2,(H,20,21). The first-order valence-electron chi connectivity index (χ1n) is 8.47. The van der Waals surface area contributed by atoms with Crippen molar-refractivity contribution in [3.05, 3.63) is 29.3 Å². The molecule has 0 unspecified atom stereocenters. The van der Waals surface area contributed by atoms with Crippen molar-refractivity contribution in [2.24, 2.45) is 0 Å². The van der Waals surface area contributed by atoms with Gasteiger partial charge in [-0.1, -0.05) is 49.4 Å². The molecule has 24 heavy (non-hydrogen) atoms. The van der Waals surface area contributed by atoms with Gasteiger partial charge >= 0.3 is 5.97 Å². The fourth-order valence-electron chi connectivity index (χ4n) is 2.72. The maximum atomic E-state index is 11.9. The zero-order chi connectivity index (χ0) is 17.2. The van der Waals surface area contributed by atoms with Crippen molar-refractivity contribution in [3.63, 3.8) is 0 Å². The van der Waals surface area contributed by atoms with E-state index in [1.165, 1.54) is 24.6 Å². The molecule has 4 nitrogen and oxygen atoms in total. The van der Waals surface area contributed by atoms with Gasteiger partial charge in [-0.3, -0.25) is 9.59 Å². The van der Waals surface area contributed by atoms with Gasteiger partial charge in [0.05, 0.1) is 11.4 Å². The summed E-state index contributed by atoms with van der Waals surface area (Å²) >= 11 is 7.56. The molecule has 0 heterocycles. The van der Waals surface area contributed by atoms with Crippen molar-refractivity contribution in [2.75, 3.05) is 12.4 Å². The molecule has 1 fully saturated rings. The number of esters is 1. The number of carbonyl (C=O) groups is 2. The third-order valence-electron chi connectivity index (χ3n) is 3.98. The molecule has 132 valence electrons. The molecule has 0 aliphatic heterocycles. The predicted molar refractivity (Wildman–Crippen MR) is 97.4 cm³/mol. The quantitative estimate of drug-likeness (QED) is 0.444. The van der Waals surface area contributed by atoms with E-state index in [0.717, 1.165) is 30.6 Å². The lowest BCUT2D eigenvalue weighted by Gasteiger charge is -2.16. The van der Waals surface area contributed by atoms with Crippen molar-refractivity contribution in [1.29, 1.82) is 0 Å². The summed E-state index contributed by atoms with van der Waals surface area (Å²) in [5, 5.41) is 3.64. The van der Waals surface area contributed by atoms with Gasteiger partial charge in [0.25, 0.3) is 5.91 Å². The highest BCUT2D eigenvalue weighted by Crippen LogP contribution is 2.26. The van der Waals surface area contributed by atoms with E-state index in [9.17, 15) is 9.59 Å². The summed E-state index contributed by atoms with van der Waals surface area (Å²) in [6, 6.07) is 7.74. The third kappa shape index (κ3) is 7.14. The molecular weight excluding hydrogens is 346 g/mol. The minimum atomic E-state index is -0.356.